The van der Waals surface area contributed by atoms with Gasteiger partial charge in [0.15, 0.2) is 4.90 Å². The Kier molecular flexibility index (Phi) is 6.42. The number of benzene rings is 1. The van der Waals surface area contributed by atoms with Gasteiger partial charge >= 0.3 is 0 Å². The van der Waals surface area contributed by atoms with Crippen molar-refractivity contribution in [2.75, 3.05) is 30.7 Å². The second-order valence-corrected chi connectivity index (χ2v) is 10.7. The van der Waals surface area contributed by atoms with Gasteiger partial charge in [0.05, 0.1) is 30.2 Å². The number of rotatable bonds is 6. The van der Waals surface area contributed by atoms with E-state index < -0.39 is 10.0 Å². The number of aromatic nitrogens is 1. The SMILES string of the molecule is COc1ncc(NC(=O)c2csc3c2CN(C)CC3)cc1S(=O)(=O)Nc1c(C)cccc1C. The van der Waals surface area contributed by atoms with Crippen LogP contribution in [0.5, 0.6) is 5.88 Å². The molecular weight excluding hydrogens is 460 g/mol. The minimum Gasteiger partial charge on any atom is -0.480 e. The molecule has 174 valence electrons. The Labute approximate surface area is 197 Å². The third-order valence-electron chi connectivity index (χ3n) is 5.65. The van der Waals surface area contributed by atoms with E-state index in [4.69, 9.17) is 4.74 Å². The van der Waals surface area contributed by atoms with E-state index in [9.17, 15) is 13.2 Å². The number of ether oxygens (including phenoxy) is 1. The molecular formula is C23H26N4O4S2. The maximum atomic E-state index is 13.2. The molecule has 1 aliphatic rings. The number of aryl methyl sites for hydroxylation is 2. The van der Waals surface area contributed by atoms with Crippen LogP contribution < -0.4 is 14.8 Å². The summed E-state index contributed by atoms with van der Waals surface area (Å²) in [5.41, 5.74) is 3.99. The standard InChI is InChI=1S/C23H26N4O4S2/c1-14-6-5-7-15(2)21(14)26-33(29,30)20-10-16(11-24-23(20)31-4)25-22(28)18-13-32-19-8-9-27(3)12-17(18)19/h5-7,10-11,13,26H,8-9,12H2,1-4H3,(H,25,28). The van der Waals surface area contributed by atoms with Crippen molar-refractivity contribution in [1.82, 2.24) is 9.88 Å². The summed E-state index contributed by atoms with van der Waals surface area (Å²) in [7, 11) is -0.651. The number of carbonyl (C=O) groups is 1. The van der Waals surface area contributed by atoms with Gasteiger partial charge in [-0.2, -0.15) is 0 Å². The first-order valence-electron chi connectivity index (χ1n) is 10.4. The molecule has 2 aromatic heterocycles. The van der Waals surface area contributed by atoms with Gasteiger partial charge in [0.1, 0.15) is 0 Å². The Morgan fingerprint density at radius 3 is 2.67 bits per heavy atom. The number of anilines is 2. The number of hydrogen-bond donors (Lipinski definition) is 2. The lowest BCUT2D eigenvalue weighted by Crippen LogP contribution is -2.27. The lowest BCUT2D eigenvalue weighted by atomic mass is 10.0. The van der Waals surface area contributed by atoms with E-state index in [1.54, 1.807) is 11.3 Å². The number of sulfonamides is 1. The van der Waals surface area contributed by atoms with Crippen molar-refractivity contribution in [3.63, 3.8) is 0 Å². The third kappa shape index (κ3) is 4.73. The van der Waals surface area contributed by atoms with Crippen LogP contribution in [0.4, 0.5) is 11.4 Å². The molecule has 3 aromatic rings. The average molecular weight is 487 g/mol. The molecule has 0 radical (unpaired) electrons. The van der Waals surface area contributed by atoms with E-state index in [0.29, 0.717) is 17.8 Å². The molecule has 4 rings (SSSR count). The fraction of sp³-hybridized carbons (Fsp3) is 0.304. The summed E-state index contributed by atoms with van der Waals surface area (Å²) in [5.74, 6) is -0.345. The van der Waals surface area contributed by atoms with Crippen LogP contribution >= 0.6 is 11.3 Å². The van der Waals surface area contributed by atoms with Crippen molar-refractivity contribution in [3.8, 4) is 5.88 Å². The number of fused-ring (bicyclic) bond motifs is 1. The summed E-state index contributed by atoms with van der Waals surface area (Å²) in [6, 6.07) is 6.89. The zero-order valence-electron chi connectivity index (χ0n) is 18.9. The molecule has 0 aliphatic carbocycles. The zero-order valence-corrected chi connectivity index (χ0v) is 20.6. The Morgan fingerprint density at radius 2 is 1.97 bits per heavy atom. The summed E-state index contributed by atoms with van der Waals surface area (Å²) in [6.07, 6.45) is 2.31. The van der Waals surface area contributed by atoms with Crippen molar-refractivity contribution >= 4 is 38.6 Å². The second kappa shape index (κ2) is 9.12. The molecule has 2 N–H and O–H groups in total. The molecule has 8 nitrogen and oxygen atoms in total. The van der Waals surface area contributed by atoms with Crippen LogP contribution in [0.25, 0.3) is 0 Å². The van der Waals surface area contributed by atoms with Gasteiger partial charge in [-0.3, -0.25) is 9.52 Å². The van der Waals surface area contributed by atoms with Gasteiger partial charge < -0.3 is 15.0 Å². The van der Waals surface area contributed by atoms with Crippen LogP contribution in [0.3, 0.4) is 0 Å². The summed E-state index contributed by atoms with van der Waals surface area (Å²) in [4.78, 5) is 20.4. The molecule has 1 aliphatic heterocycles. The van der Waals surface area contributed by atoms with Gasteiger partial charge in [0, 0.05) is 23.3 Å². The van der Waals surface area contributed by atoms with E-state index in [0.717, 1.165) is 29.7 Å². The first kappa shape index (κ1) is 23.2. The smallest absolute Gasteiger partial charge is 0.267 e. The molecule has 1 aromatic carbocycles. The highest BCUT2D eigenvalue weighted by Gasteiger charge is 2.25. The Bertz CT molecular complexity index is 1300. The van der Waals surface area contributed by atoms with Crippen LogP contribution in [0, 0.1) is 13.8 Å². The van der Waals surface area contributed by atoms with E-state index in [1.165, 1.54) is 24.3 Å². The normalized spacial score (nSPS) is 13.9. The number of para-hydroxylation sites is 1. The molecule has 3 heterocycles. The van der Waals surface area contributed by atoms with Crippen LogP contribution in [-0.2, 0) is 23.0 Å². The molecule has 0 saturated carbocycles. The monoisotopic (exact) mass is 486 g/mol. The molecule has 0 unspecified atom stereocenters. The van der Waals surface area contributed by atoms with Crippen molar-refractivity contribution in [3.05, 3.63) is 63.0 Å². The summed E-state index contributed by atoms with van der Waals surface area (Å²) in [5, 5.41) is 4.66. The quantitative estimate of drug-likeness (QED) is 0.550. The number of amides is 1. The molecule has 0 bridgehead atoms. The Hall–Kier alpha value is -2.95. The van der Waals surface area contributed by atoms with Crippen molar-refractivity contribution < 1.29 is 17.9 Å². The number of nitrogens with one attached hydrogen (secondary N) is 2. The topological polar surface area (TPSA) is 101 Å². The van der Waals surface area contributed by atoms with E-state index >= 15 is 0 Å². The highest BCUT2D eigenvalue weighted by Crippen LogP contribution is 2.31. The molecule has 0 saturated heterocycles. The van der Waals surface area contributed by atoms with Gasteiger partial charge in [0.25, 0.3) is 15.9 Å². The summed E-state index contributed by atoms with van der Waals surface area (Å²) in [6.45, 7) is 5.33. The summed E-state index contributed by atoms with van der Waals surface area (Å²) >= 11 is 1.58. The molecule has 0 spiro atoms. The number of nitrogens with zero attached hydrogens (tertiary/aromatic N) is 2. The maximum absolute atomic E-state index is 13.2. The predicted molar refractivity (Wildman–Crippen MR) is 130 cm³/mol. The molecule has 0 atom stereocenters. The van der Waals surface area contributed by atoms with E-state index in [-0.39, 0.29) is 22.4 Å². The lowest BCUT2D eigenvalue weighted by molar-refractivity contribution is 0.102. The van der Waals surface area contributed by atoms with Crippen LogP contribution in [0.1, 0.15) is 31.9 Å². The minimum absolute atomic E-state index is 0.0544. The minimum atomic E-state index is -4.03. The molecule has 0 fully saturated rings. The first-order valence-corrected chi connectivity index (χ1v) is 12.8. The van der Waals surface area contributed by atoms with E-state index in [1.807, 2.05) is 44.5 Å². The molecule has 1 amide bonds. The van der Waals surface area contributed by atoms with Crippen molar-refractivity contribution in [1.29, 1.82) is 0 Å². The lowest BCUT2D eigenvalue weighted by Gasteiger charge is -2.23. The van der Waals surface area contributed by atoms with Gasteiger partial charge in [-0.05, 0) is 50.1 Å². The molecule has 33 heavy (non-hydrogen) atoms. The number of thiophene rings is 1. The van der Waals surface area contributed by atoms with E-state index in [2.05, 4.69) is 19.9 Å². The Morgan fingerprint density at radius 1 is 1.24 bits per heavy atom. The second-order valence-electron chi connectivity index (χ2n) is 8.10. The number of likely N-dealkylation sites (N-methyl/N-ethyl adjacent to an activating group) is 1. The number of methoxy groups -OCH3 is 1. The van der Waals surface area contributed by atoms with Gasteiger partial charge in [-0.15, -0.1) is 11.3 Å². The maximum Gasteiger partial charge on any atom is 0.267 e. The first-order chi connectivity index (χ1) is 15.7. The van der Waals surface area contributed by atoms with Crippen molar-refractivity contribution in [2.45, 2.75) is 31.7 Å². The highest BCUT2D eigenvalue weighted by atomic mass is 32.2. The van der Waals surface area contributed by atoms with Gasteiger partial charge in [-0.1, -0.05) is 18.2 Å². The van der Waals surface area contributed by atoms with Crippen LogP contribution in [-0.4, -0.2) is 44.9 Å². The molecule has 10 heteroatoms. The predicted octanol–water partition coefficient (Wildman–Crippen LogP) is 3.81. The highest BCUT2D eigenvalue weighted by molar-refractivity contribution is 7.92. The van der Waals surface area contributed by atoms with Crippen LogP contribution in [0.2, 0.25) is 0 Å². The van der Waals surface area contributed by atoms with Gasteiger partial charge in [0.2, 0.25) is 5.88 Å². The number of hydrogen-bond acceptors (Lipinski definition) is 7. The summed E-state index contributed by atoms with van der Waals surface area (Å²) < 4.78 is 34.3. The average Bonchev–Trinajstić information content (AvgIpc) is 3.19. The largest absolute Gasteiger partial charge is 0.480 e. The Balaban J connectivity index is 1.63. The van der Waals surface area contributed by atoms with Crippen molar-refractivity contribution in [2.24, 2.45) is 0 Å². The fourth-order valence-electron chi connectivity index (χ4n) is 3.85. The number of carbonyl (C=O) groups excluding carboxylic acids is 1. The number of pyridine rings is 1. The van der Waals surface area contributed by atoms with Crippen LogP contribution in [0.15, 0.2) is 40.7 Å². The van der Waals surface area contributed by atoms with Gasteiger partial charge in [-0.25, -0.2) is 13.4 Å². The fourth-order valence-corrected chi connectivity index (χ4v) is 6.23. The zero-order chi connectivity index (χ0) is 23.8. The third-order valence-corrected chi connectivity index (χ3v) is 8.08.